The van der Waals surface area contributed by atoms with E-state index >= 15 is 0 Å². The van der Waals surface area contributed by atoms with Gasteiger partial charge in [0.15, 0.2) is 0 Å². The second-order valence-electron chi connectivity index (χ2n) is 4.21. The van der Waals surface area contributed by atoms with Gasteiger partial charge in [-0.15, -0.1) is 0 Å². The van der Waals surface area contributed by atoms with Crippen molar-refractivity contribution < 1.29 is 19.1 Å². The van der Waals surface area contributed by atoms with Crippen LogP contribution >= 0.6 is 11.6 Å². The first-order valence-electron chi connectivity index (χ1n) is 6.15. The number of halogens is 2. The largest absolute Gasteiger partial charge is 0.480 e. The Bertz CT molecular complexity index is 476. The van der Waals surface area contributed by atoms with E-state index in [1.807, 2.05) is 6.92 Å². The van der Waals surface area contributed by atoms with Gasteiger partial charge in [0.1, 0.15) is 11.9 Å². The molecule has 0 saturated heterocycles. The summed E-state index contributed by atoms with van der Waals surface area (Å²) < 4.78 is 13.5. The lowest BCUT2D eigenvalue weighted by molar-refractivity contribution is -0.139. The molecule has 7 heteroatoms. The van der Waals surface area contributed by atoms with Crippen LogP contribution in [0.3, 0.4) is 0 Å². The second-order valence-corrected chi connectivity index (χ2v) is 4.61. The van der Waals surface area contributed by atoms with Gasteiger partial charge in [-0.1, -0.05) is 31.0 Å². The highest BCUT2D eigenvalue weighted by molar-refractivity contribution is 6.31. The summed E-state index contributed by atoms with van der Waals surface area (Å²) in [5.74, 6) is -1.63. The number of carboxylic acid groups (broad SMARTS) is 1. The Morgan fingerprint density at radius 3 is 2.70 bits per heavy atom. The molecule has 1 aromatic carbocycles. The molecule has 0 aromatic heterocycles. The highest BCUT2D eigenvalue weighted by Gasteiger charge is 2.18. The van der Waals surface area contributed by atoms with Gasteiger partial charge in [0.05, 0.1) is 0 Å². The van der Waals surface area contributed by atoms with Gasteiger partial charge in [0, 0.05) is 17.1 Å². The van der Waals surface area contributed by atoms with Crippen LogP contribution in [-0.4, -0.2) is 23.1 Å². The molecular formula is C13H16ClFN2O3. The van der Waals surface area contributed by atoms with Crippen molar-refractivity contribution in [1.82, 2.24) is 10.6 Å². The Balaban J connectivity index is 2.57. The fourth-order valence-electron chi connectivity index (χ4n) is 1.63. The van der Waals surface area contributed by atoms with E-state index in [1.54, 1.807) is 0 Å². The minimum absolute atomic E-state index is 0.115. The van der Waals surface area contributed by atoms with Crippen molar-refractivity contribution in [3.63, 3.8) is 0 Å². The summed E-state index contributed by atoms with van der Waals surface area (Å²) in [7, 11) is 0. The molecule has 0 aliphatic heterocycles. The number of urea groups is 1. The van der Waals surface area contributed by atoms with Crippen LogP contribution in [0.25, 0.3) is 0 Å². The Hall–Kier alpha value is -1.82. The first kappa shape index (κ1) is 16.2. The third-order valence-corrected chi connectivity index (χ3v) is 3.02. The number of carboxylic acids is 1. The molecule has 0 radical (unpaired) electrons. The summed E-state index contributed by atoms with van der Waals surface area (Å²) in [5, 5.41) is 13.8. The molecule has 2 amide bonds. The molecule has 1 rings (SSSR count). The van der Waals surface area contributed by atoms with Crippen molar-refractivity contribution in [3.05, 3.63) is 34.6 Å². The van der Waals surface area contributed by atoms with Crippen molar-refractivity contribution >= 4 is 23.6 Å². The van der Waals surface area contributed by atoms with E-state index in [0.717, 1.165) is 0 Å². The lowest BCUT2D eigenvalue weighted by Gasteiger charge is -2.14. The van der Waals surface area contributed by atoms with Crippen LogP contribution in [0.5, 0.6) is 0 Å². The smallest absolute Gasteiger partial charge is 0.326 e. The minimum Gasteiger partial charge on any atom is -0.480 e. The van der Waals surface area contributed by atoms with Gasteiger partial charge in [0.2, 0.25) is 0 Å². The molecular weight excluding hydrogens is 287 g/mol. The average molecular weight is 303 g/mol. The highest BCUT2D eigenvalue weighted by atomic mass is 35.5. The number of carbonyl (C=O) groups is 2. The number of benzene rings is 1. The van der Waals surface area contributed by atoms with E-state index in [4.69, 9.17) is 16.7 Å². The van der Waals surface area contributed by atoms with E-state index in [2.05, 4.69) is 10.6 Å². The third kappa shape index (κ3) is 4.70. The number of amides is 2. The average Bonchev–Trinajstić information content (AvgIpc) is 2.37. The van der Waals surface area contributed by atoms with E-state index in [0.29, 0.717) is 12.8 Å². The molecule has 5 nitrogen and oxygen atoms in total. The molecule has 0 fully saturated rings. The predicted molar refractivity (Wildman–Crippen MR) is 73.1 cm³/mol. The third-order valence-electron chi connectivity index (χ3n) is 2.67. The topological polar surface area (TPSA) is 78.4 Å². The molecule has 110 valence electrons. The fraction of sp³-hybridized carbons (Fsp3) is 0.385. The number of rotatable bonds is 6. The quantitative estimate of drug-likeness (QED) is 0.755. The van der Waals surface area contributed by atoms with Gasteiger partial charge in [-0.3, -0.25) is 0 Å². The van der Waals surface area contributed by atoms with Crippen molar-refractivity contribution in [3.8, 4) is 0 Å². The molecule has 1 unspecified atom stereocenters. The molecule has 0 aliphatic carbocycles. The summed E-state index contributed by atoms with van der Waals surface area (Å²) in [4.78, 5) is 22.5. The van der Waals surface area contributed by atoms with Crippen LogP contribution < -0.4 is 10.6 Å². The lowest BCUT2D eigenvalue weighted by Crippen LogP contribution is -2.45. The zero-order chi connectivity index (χ0) is 15.1. The van der Waals surface area contributed by atoms with Crippen molar-refractivity contribution in [2.45, 2.75) is 32.4 Å². The number of hydrogen-bond acceptors (Lipinski definition) is 2. The summed E-state index contributed by atoms with van der Waals surface area (Å²) in [6, 6.07) is 2.57. The van der Waals surface area contributed by atoms with Crippen molar-refractivity contribution in [2.24, 2.45) is 0 Å². The Kier molecular flexibility index (Phi) is 6.24. The fourth-order valence-corrected chi connectivity index (χ4v) is 1.86. The summed E-state index contributed by atoms with van der Waals surface area (Å²) in [5.41, 5.74) is 0.159. The molecule has 0 spiro atoms. The van der Waals surface area contributed by atoms with Crippen LogP contribution in [0.1, 0.15) is 25.3 Å². The van der Waals surface area contributed by atoms with Gasteiger partial charge < -0.3 is 15.7 Å². The molecule has 0 bridgehead atoms. The number of aliphatic carboxylic acids is 1. The minimum atomic E-state index is -1.11. The summed E-state index contributed by atoms with van der Waals surface area (Å²) in [6.45, 7) is 1.70. The molecule has 0 saturated carbocycles. The monoisotopic (exact) mass is 302 g/mol. The number of carbonyl (C=O) groups excluding carboxylic acids is 1. The van der Waals surface area contributed by atoms with E-state index in [1.165, 1.54) is 18.2 Å². The molecule has 1 aromatic rings. The molecule has 20 heavy (non-hydrogen) atoms. The maximum Gasteiger partial charge on any atom is 0.326 e. The number of nitrogens with one attached hydrogen (secondary N) is 2. The van der Waals surface area contributed by atoms with Crippen molar-refractivity contribution in [1.29, 1.82) is 0 Å². The zero-order valence-corrected chi connectivity index (χ0v) is 11.7. The maximum atomic E-state index is 13.5. The maximum absolute atomic E-state index is 13.5. The zero-order valence-electron chi connectivity index (χ0n) is 11.0. The second kappa shape index (κ2) is 7.69. The summed E-state index contributed by atoms with van der Waals surface area (Å²) >= 11 is 5.81. The Morgan fingerprint density at radius 1 is 1.45 bits per heavy atom. The van der Waals surface area contributed by atoms with Gasteiger partial charge in [0.25, 0.3) is 0 Å². The molecule has 0 aliphatic rings. The highest BCUT2D eigenvalue weighted by Crippen LogP contribution is 2.18. The van der Waals surface area contributed by atoms with Gasteiger partial charge in [-0.2, -0.15) is 0 Å². The van der Waals surface area contributed by atoms with Crippen LogP contribution in [0, 0.1) is 5.82 Å². The standard InChI is InChI=1S/C13H16ClFN2O3/c1-2-4-11(12(18)19)17-13(20)16-7-8-9(14)5-3-6-10(8)15/h3,5-6,11H,2,4,7H2,1H3,(H,18,19)(H2,16,17,20). The van der Waals surface area contributed by atoms with Crippen LogP contribution in [0.15, 0.2) is 18.2 Å². The van der Waals surface area contributed by atoms with Crippen LogP contribution in [0.2, 0.25) is 5.02 Å². The van der Waals surface area contributed by atoms with Gasteiger partial charge in [-0.05, 0) is 18.6 Å². The van der Waals surface area contributed by atoms with Crippen LogP contribution in [0.4, 0.5) is 9.18 Å². The van der Waals surface area contributed by atoms with Gasteiger partial charge >= 0.3 is 12.0 Å². The SMILES string of the molecule is CCCC(NC(=O)NCc1c(F)cccc1Cl)C(=O)O. The van der Waals surface area contributed by atoms with E-state index in [-0.39, 0.29) is 17.1 Å². The Morgan fingerprint density at radius 2 is 2.15 bits per heavy atom. The van der Waals surface area contributed by atoms with E-state index < -0.39 is 23.9 Å². The molecule has 3 N–H and O–H groups in total. The van der Waals surface area contributed by atoms with E-state index in [9.17, 15) is 14.0 Å². The first-order valence-corrected chi connectivity index (χ1v) is 6.53. The van der Waals surface area contributed by atoms with Crippen LogP contribution in [-0.2, 0) is 11.3 Å². The molecule has 1 atom stereocenters. The first-order chi connectivity index (χ1) is 9.45. The van der Waals surface area contributed by atoms with Crippen molar-refractivity contribution in [2.75, 3.05) is 0 Å². The van der Waals surface area contributed by atoms with Gasteiger partial charge in [-0.25, -0.2) is 14.0 Å². The predicted octanol–water partition coefficient (Wildman–Crippen LogP) is 2.53. The Labute approximate surface area is 121 Å². The lowest BCUT2D eigenvalue weighted by atomic mass is 10.2. The number of hydrogen-bond donors (Lipinski definition) is 3. The summed E-state index contributed by atoms with van der Waals surface area (Å²) in [6.07, 6.45) is 0.944. The normalized spacial score (nSPS) is 11.8. The molecule has 0 heterocycles.